The van der Waals surface area contributed by atoms with Crippen molar-refractivity contribution in [2.45, 2.75) is 43.4 Å². The van der Waals surface area contributed by atoms with Gasteiger partial charge in [-0.1, -0.05) is 0 Å². The minimum atomic E-state index is 0.547. The molecule has 0 atom stereocenters. The van der Waals surface area contributed by atoms with Crippen LogP contribution in [0.4, 0.5) is 0 Å². The molecular weight excluding hydrogens is 202 g/mol. The molecule has 1 nitrogen and oxygen atoms in total. The summed E-state index contributed by atoms with van der Waals surface area (Å²) < 4.78 is 0. The number of hydrogen-bond donors (Lipinski definition) is 1. The molecule has 15 heavy (non-hydrogen) atoms. The summed E-state index contributed by atoms with van der Waals surface area (Å²) in [4.78, 5) is 0.547. The summed E-state index contributed by atoms with van der Waals surface area (Å²) in [6, 6.07) is 0. The van der Waals surface area contributed by atoms with Crippen LogP contribution >= 0.6 is 11.8 Å². The van der Waals surface area contributed by atoms with E-state index in [1.54, 1.807) is 32.1 Å². The fourth-order valence-electron chi connectivity index (χ4n) is 5.06. The standard InChI is InChI=1S/C13H21NS/c1-2-14-13(15-3-1)11-5-9-4-10(7-11)8-12(13)6-9/h9-12,14H,1-8H2. The molecule has 2 heteroatoms. The quantitative estimate of drug-likeness (QED) is 0.678. The van der Waals surface area contributed by atoms with Gasteiger partial charge in [0.25, 0.3) is 0 Å². The molecule has 1 spiro atoms. The predicted molar refractivity (Wildman–Crippen MR) is 64.9 cm³/mol. The number of nitrogens with one attached hydrogen (secondary N) is 1. The molecule has 0 amide bonds. The minimum Gasteiger partial charge on any atom is -0.302 e. The molecule has 1 heterocycles. The SMILES string of the molecule is C1CNC2(SC1)C1CC3CC(C1)CC2C3. The smallest absolute Gasteiger partial charge is 0.0702 e. The van der Waals surface area contributed by atoms with Gasteiger partial charge in [-0.25, -0.2) is 0 Å². The molecule has 4 saturated carbocycles. The van der Waals surface area contributed by atoms with Crippen LogP contribution in [0.25, 0.3) is 0 Å². The Balaban J connectivity index is 1.69. The van der Waals surface area contributed by atoms with E-state index >= 15 is 0 Å². The first-order chi connectivity index (χ1) is 7.37. The molecule has 0 unspecified atom stereocenters. The van der Waals surface area contributed by atoms with E-state index in [1.165, 1.54) is 18.7 Å². The van der Waals surface area contributed by atoms with Crippen molar-refractivity contribution >= 4 is 11.8 Å². The van der Waals surface area contributed by atoms with E-state index in [4.69, 9.17) is 0 Å². The molecule has 0 aromatic rings. The van der Waals surface area contributed by atoms with Gasteiger partial charge in [0.1, 0.15) is 0 Å². The molecule has 0 radical (unpaired) electrons. The molecule has 5 fully saturated rings. The Kier molecular flexibility index (Phi) is 1.97. The van der Waals surface area contributed by atoms with Crippen molar-refractivity contribution in [1.29, 1.82) is 0 Å². The predicted octanol–water partition coefficient (Wildman–Crippen LogP) is 2.87. The van der Waals surface area contributed by atoms with E-state index in [-0.39, 0.29) is 0 Å². The summed E-state index contributed by atoms with van der Waals surface area (Å²) in [5.41, 5.74) is 0. The largest absolute Gasteiger partial charge is 0.302 e. The summed E-state index contributed by atoms with van der Waals surface area (Å²) in [7, 11) is 0. The van der Waals surface area contributed by atoms with Crippen molar-refractivity contribution in [2.75, 3.05) is 12.3 Å². The summed E-state index contributed by atoms with van der Waals surface area (Å²) >= 11 is 2.29. The lowest BCUT2D eigenvalue weighted by atomic mass is 9.53. The topological polar surface area (TPSA) is 12.0 Å². The second-order valence-corrected chi connectivity index (χ2v) is 7.60. The van der Waals surface area contributed by atoms with Crippen molar-refractivity contribution in [2.24, 2.45) is 23.7 Å². The average Bonchev–Trinajstić information content (AvgIpc) is 2.26. The van der Waals surface area contributed by atoms with Crippen LogP contribution in [0.1, 0.15) is 38.5 Å². The first-order valence-corrected chi connectivity index (χ1v) is 7.74. The van der Waals surface area contributed by atoms with Crippen LogP contribution in [0.5, 0.6) is 0 Å². The molecule has 0 aromatic heterocycles. The van der Waals surface area contributed by atoms with Gasteiger partial charge in [0, 0.05) is 0 Å². The third-order valence-electron chi connectivity index (χ3n) is 5.41. The van der Waals surface area contributed by atoms with E-state index in [1.807, 2.05) is 0 Å². The summed E-state index contributed by atoms with van der Waals surface area (Å²) in [5, 5.41) is 3.94. The zero-order valence-electron chi connectivity index (χ0n) is 9.37. The summed E-state index contributed by atoms with van der Waals surface area (Å²) in [5.74, 6) is 5.69. The van der Waals surface area contributed by atoms with Crippen LogP contribution in [-0.2, 0) is 0 Å². The second-order valence-electron chi connectivity index (χ2n) is 6.23. The highest BCUT2D eigenvalue weighted by molar-refractivity contribution is 8.00. The normalized spacial score (nSPS) is 57.6. The zero-order chi connectivity index (χ0) is 9.88. The fraction of sp³-hybridized carbons (Fsp3) is 1.00. The van der Waals surface area contributed by atoms with Gasteiger partial charge in [-0.05, 0) is 74.5 Å². The van der Waals surface area contributed by atoms with Gasteiger partial charge in [-0.2, -0.15) is 0 Å². The van der Waals surface area contributed by atoms with Crippen LogP contribution in [0, 0.1) is 23.7 Å². The van der Waals surface area contributed by atoms with E-state index in [2.05, 4.69) is 17.1 Å². The van der Waals surface area contributed by atoms with Gasteiger partial charge in [0.05, 0.1) is 4.87 Å². The zero-order valence-corrected chi connectivity index (χ0v) is 10.2. The van der Waals surface area contributed by atoms with Crippen molar-refractivity contribution in [3.63, 3.8) is 0 Å². The Morgan fingerprint density at radius 1 is 0.933 bits per heavy atom. The first-order valence-electron chi connectivity index (χ1n) is 6.76. The molecule has 4 aliphatic carbocycles. The maximum absolute atomic E-state index is 3.94. The molecule has 1 saturated heterocycles. The van der Waals surface area contributed by atoms with Gasteiger partial charge in [0.2, 0.25) is 0 Å². The van der Waals surface area contributed by atoms with Gasteiger partial charge < -0.3 is 5.32 Å². The minimum absolute atomic E-state index is 0.547. The first kappa shape index (κ1) is 9.35. The molecule has 0 aromatic carbocycles. The highest BCUT2D eigenvalue weighted by Crippen LogP contribution is 2.62. The maximum atomic E-state index is 3.94. The lowest BCUT2D eigenvalue weighted by molar-refractivity contribution is -0.0309. The number of thioether (sulfide) groups is 1. The Morgan fingerprint density at radius 3 is 2.13 bits per heavy atom. The maximum Gasteiger partial charge on any atom is 0.0702 e. The summed E-state index contributed by atoms with van der Waals surface area (Å²) in [6.07, 6.45) is 9.16. The monoisotopic (exact) mass is 223 g/mol. The van der Waals surface area contributed by atoms with Gasteiger partial charge in [-0.15, -0.1) is 11.8 Å². The number of hydrogen-bond acceptors (Lipinski definition) is 2. The van der Waals surface area contributed by atoms with Crippen molar-refractivity contribution in [3.05, 3.63) is 0 Å². The van der Waals surface area contributed by atoms with Gasteiger partial charge >= 0.3 is 0 Å². The van der Waals surface area contributed by atoms with Gasteiger partial charge in [-0.3, -0.25) is 0 Å². The van der Waals surface area contributed by atoms with E-state index in [9.17, 15) is 0 Å². The molecule has 4 bridgehead atoms. The Bertz CT molecular complexity index is 240. The molecule has 5 rings (SSSR count). The van der Waals surface area contributed by atoms with Crippen LogP contribution < -0.4 is 5.32 Å². The van der Waals surface area contributed by atoms with E-state index in [0.29, 0.717) is 4.87 Å². The Hall–Kier alpha value is 0.310. The number of rotatable bonds is 0. The van der Waals surface area contributed by atoms with Crippen LogP contribution in [0.2, 0.25) is 0 Å². The van der Waals surface area contributed by atoms with Crippen LogP contribution in [-0.4, -0.2) is 17.2 Å². The summed E-state index contributed by atoms with van der Waals surface area (Å²) in [6.45, 7) is 1.29. The average molecular weight is 223 g/mol. The molecule has 84 valence electrons. The fourth-order valence-corrected chi connectivity index (χ4v) is 6.74. The molecular formula is C13H21NS. The Morgan fingerprint density at radius 2 is 1.60 bits per heavy atom. The molecule has 1 N–H and O–H groups in total. The third-order valence-corrected chi connectivity index (χ3v) is 7.20. The second kappa shape index (κ2) is 3.16. The lowest BCUT2D eigenvalue weighted by Crippen LogP contribution is -2.64. The highest BCUT2D eigenvalue weighted by atomic mass is 32.2. The molecule has 5 aliphatic rings. The van der Waals surface area contributed by atoms with Crippen LogP contribution in [0.3, 0.4) is 0 Å². The van der Waals surface area contributed by atoms with Crippen molar-refractivity contribution in [3.8, 4) is 0 Å². The van der Waals surface area contributed by atoms with Crippen LogP contribution in [0.15, 0.2) is 0 Å². The highest BCUT2D eigenvalue weighted by Gasteiger charge is 2.57. The van der Waals surface area contributed by atoms with Crippen molar-refractivity contribution < 1.29 is 0 Å². The third kappa shape index (κ3) is 1.21. The lowest BCUT2D eigenvalue weighted by Gasteiger charge is -2.62. The van der Waals surface area contributed by atoms with E-state index in [0.717, 1.165) is 23.7 Å². The van der Waals surface area contributed by atoms with Crippen molar-refractivity contribution in [1.82, 2.24) is 5.32 Å². The Labute approximate surface area is 96.8 Å². The van der Waals surface area contributed by atoms with Gasteiger partial charge in [0.15, 0.2) is 0 Å². The van der Waals surface area contributed by atoms with E-state index < -0.39 is 0 Å². The molecule has 1 aliphatic heterocycles.